The van der Waals surface area contributed by atoms with Gasteiger partial charge in [0.2, 0.25) is 17.9 Å². The molecule has 0 saturated carbocycles. The van der Waals surface area contributed by atoms with E-state index in [1.165, 1.54) is 19.5 Å². The number of ether oxygens (including phenoxy) is 4. The number of benzene rings is 1. The summed E-state index contributed by atoms with van der Waals surface area (Å²) in [5.41, 5.74) is 0. The van der Waals surface area contributed by atoms with Crippen molar-refractivity contribution in [3.63, 3.8) is 0 Å². The molecule has 0 aliphatic carbocycles. The normalized spacial score (nSPS) is 21.3. The Kier molecular flexibility index (Phi) is 4.47. The molecule has 2 aliphatic rings. The molecular formula is C18H19N3O5. The summed E-state index contributed by atoms with van der Waals surface area (Å²) in [6.07, 6.45) is 2.98. The molecule has 2 aliphatic heterocycles. The van der Waals surface area contributed by atoms with Crippen LogP contribution in [0.1, 0.15) is 6.42 Å². The molecule has 2 unspecified atom stereocenters. The van der Waals surface area contributed by atoms with E-state index < -0.39 is 6.10 Å². The van der Waals surface area contributed by atoms with Gasteiger partial charge in [0.15, 0.2) is 11.5 Å². The third kappa shape index (κ3) is 3.35. The number of carbonyl (C=O) groups excluding carboxylic acids is 1. The van der Waals surface area contributed by atoms with Gasteiger partial charge in [0.25, 0.3) is 5.91 Å². The fraction of sp³-hybridized carbons (Fsp3) is 0.389. The molecule has 4 rings (SSSR count). The van der Waals surface area contributed by atoms with Crippen LogP contribution >= 0.6 is 0 Å². The predicted octanol–water partition coefficient (Wildman–Crippen LogP) is 1.30. The smallest absolute Gasteiger partial charge is 0.267 e. The van der Waals surface area contributed by atoms with Crippen LogP contribution < -0.4 is 18.9 Å². The van der Waals surface area contributed by atoms with Crippen LogP contribution in [-0.2, 0) is 4.79 Å². The Bertz CT molecular complexity index is 800. The standard InChI is InChI=1S/C18H19N3O5/c1-23-16-8-19-9-17(20-16)25-12-6-7-21(10-12)18(22)15-11-24-13-4-2-3-5-14(13)26-15/h2-5,8-9,12,15H,6-7,10-11H2,1H3. The van der Waals surface area contributed by atoms with E-state index in [4.69, 9.17) is 18.9 Å². The number of amides is 1. The van der Waals surface area contributed by atoms with Gasteiger partial charge < -0.3 is 23.8 Å². The number of hydrogen-bond donors (Lipinski definition) is 0. The fourth-order valence-corrected chi connectivity index (χ4v) is 3.03. The van der Waals surface area contributed by atoms with Gasteiger partial charge in [-0.25, -0.2) is 0 Å². The van der Waals surface area contributed by atoms with Gasteiger partial charge in [-0.15, -0.1) is 0 Å². The average molecular weight is 357 g/mol. The van der Waals surface area contributed by atoms with Gasteiger partial charge >= 0.3 is 0 Å². The summed E-state index contributed by atoms with van der Waals surface area (Å²) in [5, 5.41) is 0. The number of carbonyl (C=O) groups is 1. The minimum Gasteiger partial charge on any atom is -0.485 e. The van der Waals surface area contributed by atoms with Crippen molar-refractivity contribution in [2.24, 2.45) is 0 Å². The second-order valence-electron chi connectivity index (χ2n) is 6.08. The fourth-order valence-electron chi connectivity index (χ4n) is 3.03. The van der Waals surface area contributed by atoms with E-state index in [1.807, 2.05) is 18.2 Å². The quantitative estimate of drug-likeness (QED) is 0.816. The number of para-hydroxylation sites is 2. The van der Waals surface area contributed by atoms with Crippen molar-refractivity contribution in [1.29, 1.82) is 0 Å². The van der Waals surface area contributed by atoms with Gasteiger partial charge in [0.1, 0.15) is 12.7 Å². The van der Waals surface area contributed by atoms with Crippen LogP contribution in [0.3, 0.4) is 0 Å². The van der Waals surface area contributed by atoms with Gasteiger partial charge in [0.05, 0.1) is 26.0 Å². The zero-order valence-corrected chi connectivity index (χ0v) is 14.3. The topological polar surface area (TPSA) is 83.0 Å². The Hall–Kier alpha value is -3.03. The van der Waals surface area contributed by atoms with E-state index in [9.17, 15) is 4.79 Å². The lowest BCUT2D eigenvalue weighted by molar-refractivity contribution is -0.140. The largest absolute Gasteiger partial charge is 0.485 e. The van der Waals surface area contributed by atoms with Crippen molar-refractivity contribution in [2.75, 3.05) is 26.8 Å². The van der Waals surface area contributed by atoms with Crippen LogP contribution in [0.4, 0.5) is 0 Å². The number of hydrogen-bond acceptors (Lipinski definition) is 7. The second kappa shape index (κ2) is 7.07. The first-order chi connectivity index (χ1) is 12.7. The van der Waals surface area contributed by atoms with Crippen LogP contribution in [0.5, 0.6) is 23.3 Å². The molecule has 0 radical (unpaired) electrons. The maximum absolute atomic E-state index is 12.7. The number of rotatable bonds is 4. The molecule has 0 spiro atoms. The van der Waals surface area contributed by atoms with Gasteiger partial charge in [-0.05, 0) is 12.1 Å². The Morgan fingerprint density at radius 3 is 2.88 bits per heavy atom. The van der Waals surface area contributed by atoms with Gasteiger partial charge in [-0.1, -0.05) is 12.1 Å². The van der Waals surface area contributed by atoms with Gasteiger partial charge in [-0.3, -0.25) is 9.78 Å². The highest BCUT2D eigenvalue weighted by Crippen LogP contribution is 2.31. The highest BCUT2D eigenvalue weighted by atomic mass is 16.6. The lowest BCUT2D eigenvalue weighted by Gasteiger charge is -2.28. The zero-order valence-electron chi connectivity index (χ0n) is 14.3. The molecule has 1 aromatic heterocycles. The highest BCUT2D eigenvalue weighted by molar-refractivity contribution is 5.82. The Labute approximate surface area is 150 Å². The minimum atomic E-state index is -0.639. The number of fused-ring (bicyclic) bond motifs is 1. The monoisotopic (exact) mass is 357 g/mol. The average Bonchev–Trinajstić information content (AvgIpc) is 3.15. The summed E-state index contributed by atoms with van der Waals surface area (Å²) in [6.45, 7) is 1.28. The van der Waals surface area contributed by atoms with E-state index in [1.54, 1.807) is 11.0 Å². The second-order valence-corrected chi connectivity index (χ2v) is 6.08. The zero-order chi connectivity index (χ0) is 17.9. The molecule has 1 saturated heterocycles. The molecule has 1 fully saturated rings. The van der Waals surface area contributed by atoms with Crippen molar-refractivity contribution in [3.8, 4) is 23.3 Å². The summed E-state index contributed by atoms with van der Waals surface area (Å²) >= 11 is 0. The van der Waals surface area contributed by atoms with Crippen molar-refractivity contribution in [3.05, 3.63) is 36.7 Å². The molecule has 0 bridgehead atoms. The maximum atomic E-state index is 12.7. The first-order valence-electron chi connectivity index (χ1n) is 8.43. The first kappa shape index (κ1) is 16.4. The van der Waals surface area contributed by atoms with Crippen molar-refractivity contribution >= 4 is 5.91 Å². The molecule has 1 aromatic carbocycles. The summed E-state index contributed by atoms with van der Waals surface area (Å²) in [6, 6.07) is 7.34. The number of likely N-dealkylation sites (tertiary alicyclic amines) is 1. The van der Waals surface area contributed by atoms with Crippen molar-refractivity contribution < 1.29 is 23.7 Å². The summed E-state index contributed by atoms with van der Waals surface area (Å²) < 4.78 is 22.3. The SMILES string of the molecule is COc1cncc(OC2CCN(C(=O)C3COc4ccccc4O3)C2)n1. The molecule has 8 nitrogen and oxygen atoms in total. The van der Waals surface area contributed by atoms with Crippen LogP contribution in [-0.4, -0.2) is 59.8 Å². The number of aromatic nitrogens is 2. The van der Waals surface area contributed by atoms with Crippen molar-refractivity contribution in [1.82, 2.24) is 14.9 Å². The lowest BCUT2D eigenvalue weighted by Crippen LogP contribution is -2.46. The van der Waals surface area contributed by atoms with E-state index in [-0.39, 0.29) is 18.6 Å². The van der Waals surface area contributed by atoms with E-state index in [0.717, 1.165) is 6.42 Å². The molecule has 1 amide bonds. The molecule has 8 heteroatoms. The van der Waals surface area contributed by atoms with Gasteiger partial charge in [0, 0.05) is 13.0 Å². The highest BCUT2D eigenvalue weighted by Gasteiger charge is 2.35. The molecule has 2 aromatic rings. The number of methoxy groups -OCH3 is 1. The molecule has 0 N–H and O–H groups in total. The van der Waals surface area contributed by atoms with E-state index >= 15 is 0 Å². The minimum absolute atomic E-state index is 0.0951. The molecular weight excluding hydrogens is 338 g/mol. The number of nitrogens with zero attached hydrogens (tertiary/aromatic N) is 3. The third-order valence-electron chi connectivity index (χ3n) is 4.33. The van der Waals surface area contributed by atoms with E-state index in [2.05, 4.69) is 9.97 Å². The van der Waals surface area contributed by atoms with Crippen LogP contribution in [0.2, 0.25) is 0 Å². The Morgan fingerprint density at radius 2 is 2.04 bits per heavy atom. The molecule has 26 heavy (non-hydrogen) atoms. The Morgan fingerprint density at radius 1 is 1.23 bits per heavy atom. The van der Waals surface area contributed by atoms with Crippen LogP contribution in [0, 0.1) is 0 Å². The summed E-state index contributed by atoms with van der Waals surface area (Å²) in [5.74, 6) is 1.93. The maximum Gasteiger partial charge on any atom is 0.267 e. The molecule has 136 valence electrons. The molecule has 3 heterocycles. The third-order valence-corrected chi connectivity index (χ3v) is 4.33. The predicted molar refractivity (Wildman–Crippen MR) is 90.6 cm³/mol. The van der Waals surface area contributed by atoms with Crippen LogP contribution in [0.15, 0.2) is 36.7 Å². The first-order valence-corrected chi connectivity index (χ1v) is 8.43. The van der Waals surface area contributed by atoms with Gasteiger partial charge in [-0.2, -0.15) is 4.98 Å². The van der Waals surface area contributed by atoms with E-state index in [0.29, 0.717) is 36.3 Å². The summed E-state index contributed by atoms with van der Waals surface area (Å²) in [7, 11) is 1.52. The lowest BCUT2D eigenvalue weighted by atomic mass is 10.2. The Balaban J connectivity index is 1.35. The summed E-state index contributed by atoms with van der Waals surface area (Å²) in [4.78, 5) is 22.7. The van der Waals surface area contributed by atoms with Crippen LogP contribution in [0.25, 0.3) is 0 Å². The molecule has 2 atom stereocenters. The van der Waals surface area contributed by atoms with Crippen molar-refractivity contribution in [2.45, 2.75) is 18.6 Å².